The summed E-state index contributed by atoms with van der Waals surface area (Å²) in [5.41, 5.74) is 1.20. The topological polar surface area (TPSA) is 107 Å². The van der Waals surface area contributed by atoms with Gasteiger partial charge in [-0.25, -0.2) is 0 Å². The van der Waals surface area contributed by atoms with E-state index in [4.69, 9.17) is 9.47 Å². The van der Waals surface area contributed by atoms with E-state index in [1.807, 2.05) is 29.9 Å². The summed E-state index contributed by atoms with van der Waals surface area (Å²) in [4.78, 5) is 25.5. The molecular weight excluding hydrogens is 498 g/mol. The molecule has 1 atom stereocenters. The van der Waals surface area contributed by atoms with Gasteiger partial charge in [-0.2, -0.15) is 11.8 Å². The molecule has 192 valence electrons. The van der Waals surface area contributed by atoms with Crippen LogP contribution in [0, 0.1) is 0 Å². The van der Waals surface area contributed by atoms with Gasteiger partial charge >= 0.3 is 0 Å². The molecule has 0 bridgehead atoms. The number of hydrogen-bond acceptors (Lipinski definition) is 8. The van der Waals surface area contributed by atoms with Crippen molar-refractivity contribution < 1.29 is 19.1 Å². The Morgan fingerprint density at radius 3 is 2.47 bits per heavy atom. The predicted molar refractivity (Wildman–Crippen MR) is 144 cm³/mol. The SMILES string of the molecule is CCn1c(SCC(=O)Nc2cccc(OC)c2)nnc1C(CCSC)NC(=O)c1ccc(OC)cc1. The zero-order valence-electron chi connectivity index (χ0n) is 20.8. The number of aromatic nitrogens is 3. The molecule has 11 heteroatoms. The van der Waals surface area contributed by atoms with Crippen molar-refractivity contribution in [3.63, 3.8) is 0 Å². The summed E-state index contributed by atoms with van der Waals surface area (Å²) in [6.07, 6.45) is 2.72. The number of nitrogens with zero attached hydrogens (tertiary/aromatic N) is 3. The van der Waals surface area contributed by atoms with Crippen LogP contribution < -0.4 is 20.1 Å². The molecule has 1 heterocycles. The lowest BCUT2D eigenvalue weighted by atomic mass is 10.1. The van der Waals surface area contributed by atoms with E-state index in [2.05, 4.69) is 20.8 Å². The van der Waals surface area contributed by atoms with Gasteiger partial charge in [-0.05, 0) is 61.8 Å². The molecule has 2 amide bonds. The minimum atomic E-state index is -0.320. The molecule has 0 aliphatic heterocycles. The van der Waals surface area contributed by atoms with Crippen LogP contribution in [0.1, 0.15) is 35.6 Å². The highest BCUT2D eigenvalue weighted by atomic mass is 32.2. The Labute approximate surface area is 219 Å². The van der Waals surface area contributed by atoms with E-state index in [0.717, 1.165) is 5.75 Å². The molecule has 3 aromatic rings. The second-order valence-corrected chi connectivity index (χ2v) is 9.62. The number of benzene rings is 2. The van der Waals surface area contributed by atoms with E-state index in [1.54, 1.807) is 62.4 Å². The smallest absolute Gasteiger partial charge is 0.251 e. The maximum atomic E-state index is 12.9. The van der Waals surface area contributed by atoms with Gasteiger partial charge in [0.15, 0.2) is 11.0 Å². The fraction of sp³-hybridized carbons (Fsp3) is 0.360. The number of anilines is 1. The van der Waals surface area contributed by atoms with Crippen molar-refractivity contribution in [2.75, 3.05) is 37.3 Å². The standard InChI is InChI=1S/C25H31N5O4S2/c1-5-30-23(21(13-14-35-4)27-24(32)17-9-11-19(33-2)12-10-17)28-29-25(30)36-16-22(31)26-18-7-6-8-20(15-18)34-3/h6-12,15,21H,5,13-14,16H2,1-4H3,(H,26,31)(H,27,32). The van der Waals surface area contributed by atoms with Crippen molar-refractivity contribution in [3.05, 3.63) is 59.9 Å². The largest absolute Gasteiger partial charge is 0.497 e. The molecule has 0 aliphatic carbocycles. The number of ether oxygens (including phenoxy) is 2. The highest BCUT2D eigenvalue weighted by Gasteiger charge is 2.23. The fourth-order valence-corrected chi connectivity index (χ4v) is 4.76. The zero-order valence-corrected chi connectivity index (χ0v) is 22.4. The van der Waals surface area contributed by atoms with Crippen LogP contribution in [0.3, 0.4) is 0 Å². The minimum absolute atomic E-state index is 0.160. The predicted octanol–water partition coefficient (Wildman–Crippen LogP) is 4.27. The summed E-state index contributed by atoms with van der Waals surface area (Å²) in [6, 6.07) is 13.8. The van der Waals surface area contributed by atoms with Crippen LogP contribution in [0.5, 0.6) is 11.5 Å². The fourth-order valence-electron chi connectivity index (χ4n) is 3.48. The molecule has 0 radical (unpaired) electrons. The Morgan fingerprint density at radius 1 is 1.06 bits per heavy atom. The maximum Gasteiger partial charge on any atom is 0.251 e. The first kappa shape index (κ1) is 27.4. The lowest BCUT2D eigenvalue weighted by Crippen LogP contribution is -2.31. The second-order valence-electron chi connectivity index (χ2n) is 7.69. The van der Waals surface area contributed by atoms with Crippen LogP contribution in [-0.2, 0) is 11.3 Å². The Morgan fingerprint density at radius 2 is 1.81 bits per heavy atom. The van der Waals surface area contributed by atoms with E-state index in [9.17, 15) is 9.59 Å². The normalized spacial score (nSPS) is 11.6. The number of rotatable bonds is 13. The third-order valence-electron chi connectivity index (χ3n) is 5.33. The van der Waals surface area contributed by atoms with Crippen LogP contribution in [0.25, 0.3) is 0 Å². The first-order valence-corrected chi connectivity index (χ1v) is 13.8. The molecule has 0 fully saturated rings. The number of carbonyl (C=O) groups is 2. The Kier molecular flexibility index (Phi) is 10.5. The van der Waals surface area contributed by atoms with Gasteiger partial charge in [0.2, 0.25) is 5.91 Å². The molecule has 1 unspecified atom stereocenters. The van der Waals surface area contributed by atoms with E-state index in [1.165, 1.54) is 11.8 Å². The van der Waals surface area contributed by atoms with Gasteiger partial charge in [0, 0.05) is 23.9 Å². The summed E-state index contributed by atoms with van der Waals surface area (Å²) >= 11 is 3.00. The molecule has 1 aromatic heterocycles. The molecule has 0 spiro atoms. The Hall–Kier alpha value is -3.18. The molecular formula is C25H31N5O4S2. The number of methoxy groups -OCH3 is 2. The maximum absolute atomic E-state index is 12.9. The second kappa shape index (κ2) is 13.8. The van der Waals surface area contributed by atoms with Gasteiger partial charge in [0.1, 0.15) is 11.5 Å². The van der Waals surface area contributed by atoms with Crippen LogP contribution in [0.4, 0.5) is 5.69 Å². The van der Waals surface area contributed by atoms with Crippen LogP contribution >= 0.6 is 23.5 Å². The summed E-state index contributed by atoms with van der Waals surface area (Å²) < 4.78 is 12.3. The lowest BCUT2D eigenvalue weighted by molar-refractivity contribution is -0.113. The van der Waals surface area contributed by atoms with Crippen molar-refractivity contribution in [1.82, 2.24) is 20.1 Å². The van der Waals surface area contributed by atoms with Crippen molar-refractivity contribution in [1.29, 1.82) is 0 Å². The molecule has 0 saturated heterocycles. The molecule has 9 nitrogen and oxygen atoms in total. The Bertz CT molecular complexity index is 1150. The summed E-state index contributed by atoms with van der Waals surface area (Å²) in [5.74, 6) is 2.69. The summed E-state index contributed by atoms with van der Waals surface area (Å²) in [6.45, 7) is 2.60. The number of amides is 2. The molecule has 0 aliphatic rings. The third kappa shape index (κ3) is 7.41. The molecule has 2 N–H and O–H groups in total. The molecule has 2 aromatic carbocycles. The first-order chi connectivity index (χ1) is 17.5. The van der Waals surface area contributed by atoms with E-state index in [0.29, 0.717) is 46.7 Å². The summed E-state index contributed by atoms with van der Waals surface area (Å²) in [7, 11) is 3.17. The average Bonchev–Trinajstić information content (AvgIpc) is 3.32. The van der Waals surface area contributed by atoms with Gasteiger partial charge < -0.3 is 24.7 Å². The quantitative estimate of drug-likeness (QED) is 0.316. The monoisotopic (exact) mass is 529 g/mol. The van der Waals surface area contributed by atoms with Crippen molar-refractivity contribution in [3.8, 4) is 11.5 Å². The molecule has 36 heavy (non-hydrogen) atoms. The minimum Gasteiger partial charge on any atom is -0.497 e. The van der Waals surface area contributed by atoms with Crippen molar-refractivity contribution >= 4 is 41.0 Å². The first-order valence-electron chi connectivity index (χ1n) is 11.4. The van der Waals surface area contributed by atoms with Crippen molar-refractivity contribution in [2.24, 2.45) is 0 Å². The van der Waals surface area contributed by atoms with Gasteiger partial charge in [-0.3, -0.25) is 9.59 Å². The summed E-state index contributed by atoms with van der Waals surface area (Å²) in [5, 5.41) is 15.3. The lowest BCUT2D eigenvalue weighted by Gasteiger charge is -2.19. The van der Waals surface area contributed by atoms with Crippen LogP contribution in [0.2, 0.25) is 0 Å². The van der Waals surface area contributed by atoms with E-state index >= 15 is 0 Å². The van der Waals surface area contributed by atoms with Gasteiger partial charge in [0.25, 0.3) is 5.91 Å². The number of thioether (sulfide) groups is 2. The van der Waals surface area contributed by atoms with Crippen LogP contribution in [0.15, 0.2) is 53.7 Å². The van der Waals surface area contributed by atoms with E-state index in [-0.39, 0.29) is 23.6 Å². The van der Waals surface area contributed by atoms with E-state index < -0.39 is 0 Å². The highest BCUT2D eigenvalue weighted by molar-refractivity contribution is 7.99. The number of nitrogens with one attached hydrogen (secondary N) is 2. The van der Waals surface area contributed by atoms with Crippen LogP contribution in [-0.4, -0.2) is 58.6 Å². The van der Waals surface area contributed by atoms with Gasteiger partial charge in [-0.1, -0.05) is 17.8 Å². The van der Waals surface area contributed by atoms with Gasteiger partial charge in [-0.15, -0.1) is 10.2 Å². The number of carbonyl (C=O) groups excluding carboxylic acids is 2. The molecule has 0 saturated carbocycles. The Balaban J connectivity index is 1.70. The van der Waals surface area contributed by atoms with Gasteiger partial charge in [0.05, 0.1) is 26.0 Å². The average molecular weight is 530 g/mol. The highest BCUT2D eigenvalue weighted by Crippen LogP contribution is 2.25. The number of hydrogen-bond donors (Lipinski definition) is 2. The molecule has 3 rings (SSSR count). The third-order valence-corrected chi connectivity index (χ3v) is 6.94. The van der Waals surface area contributed by atoms with Crippen molar-refractivity contribution in [2.45, 2.75) is 31.1 Å². The zero-order chi connectivity index (χ0) is 25.9.